The van der Waals surface area contributed by atoms with Gasteiger partial charge in [-0.15, -0.1) is 0 Å². The van der Waals surface area contributed by atoms with Crippen molar-refractivity contribution in [3.8, 4) is 0 Å². The van der Waals surface area contributed by atoms with E-state index in [1.54, 1.807) is 6.08 Å². The molecule has 0 aliphatic heterocycles. The van der Waals surface area contributed by atoms with E-state index in [4.69, 9.17) is 0 Å². The fourth-order valence-corrected chi connectivity index (χ4v) is 1.75. The number of allylic oxidation sites excluding steroid dienone is 3. The molecule has 0 saturated heterocycles. The lowest BCUT2D eigenvalue weighted by Gasteiger charge is -2.17. The third kappa shape index (κ3) is 4.26. The number of ether oxygens (including phenoxy) is 1. The zero-order chi connectivity index (χ0) is 10.2. The zero-order valence-corrected chi connectivity index (χ0v) is 8.74. The van der Waals surface area contributed by atoms with E-state index in [2.05, 4.69) is 10.8 Å². The topological polar surface area (TPSA) is 26.3 Å². The molecule has 0 aromatic heterocycles. The Balaban J connectivity index is 2.24. The van der Waals surface area contributed by atoms with Crippen molar-refractivity contribution >= 4 is 5.97 Å². The molecular weight excluding hydrogens is 176 g/mol. The van der Waals surface area contributed by atoms with E-state index >= 15 is 0 Å². The lowest BCUT2D eigenvalue weighted by molar-refractivity contribution is -0.134. The molecule has 78 valence electrons. The van der Waals surface area contributed by atoms with Gasteiger partial charge in [0.05, 0.1) is 7.11 Å². The largest absolute Gasteiger partial charge is 0.466 e. The van der Waals surface area contributed by atoms with E-state index in [1.807, 2.05) is 6.08 Å². The maximum atomic E-state index is 10.7. The Hall–Kier alpha value is -1.05. The van der Waals surface area contributed by atoms with Crippen LogP contribution in [0, 0.1) is 5.92 Å². The van der Waals surface area contributed by atoms with E-state index in [0.717, 1.165) is 0 Å². The van der Waals surface area contributed by atoms with Crippen LogP contribution in [-0.4, -0.2) is 13.1 Å². The predicted molar refractivity (Wildman–Crippen MR) is 56.9 cm³/mol. The smallest absolute Gasteiger partial charge is 0.330 e. The molecule has 2 nitrogen and oxygen atoms in total. The highest BCUT2D eigenvalue weighted by atomic mass is 16.5. The normalized spacial score (nSPS) is 19.2. The van der Waals surface area contributed by atoms with Crippen LogP contribution in [0.25, 0.3) is 0 Å². The Morgan fingerprint density at radius 1 is 1.21 bits per heavy atom. The molecule has 0 aromatic carbocycles. The average Bonchev–Trinajstić information content (AvgIpc) is 2.25. The summed E-state index contributed by atoms with van der Waals surface area (Å²) in [4.78, 5) is 10.7. The molecule has 0 atom stereocenters. The average molecular weight is 194 g/mol. The van der Waals surface area contributed by atoms with Crippen molar-refractivity contribution in [2.45, 2.75) is 32.1 Å². The van der Waals surface area contributed by atoms with E-state index in [0.29, 0.717) is 5.92 Å². The monoisotopic (exact) mass is 194 g/mol. The Morgan fingerprint density at radius 3 is 2.57 bits per heavy atom. The van der Waals surface area contributed by atoms with Gasteiger partial charge in [-0.25, -0.2) is 4.79 Å². The van der Waals surface area contributed by atoms with Crippen LogP contribution in [0.1, 0.15) is 32.1 Å². The Morgan fingerprint density at radius 2 is 1.93 bits per heavy atom. The van der Waals surface area contributed by atoms with Crippen molar-refractivity contribution in [2.24, 2.45) is 5.92 Å². The van der Waals surface area contributed by atoms with Gasteiger partial charge in [0.15, 0.2) is 0 Å². The fraction of sp³-hybridized carbons (Fsp3) is 0.583. The van der Waals surface area contributed by atoms with Crippen LogP contribution in [0.2, 0.25) is 0 Å². The van der Waals surface area contributed by atoms with E-state index < -0.39 is 0 Å². The number of carbonyl (C=O) groups is 1. The van der Waals surface area contributed by atoms with Crippen molar-refractivity contribution in [3.05, 3.63) is 24.3 Å². The molecule has 2 heteroatoms. The summed E-state index contributed by atoms with van der Waals surface area (Å²) in [5, 5.41) is 0. The molecule has 1 aliphatic carbocycles. The Labute approximate surface area is 85.6 Å². The lowest BCUT2D eigenvalue weighted by Crippen LogP contribution is -2.02. The zero-order valence-electron chi connectivity index (χ0n) is 8.74. The Bertz CT molecular complexity index is 222. The van der Waals surface area contributed by atoms with Gasteiger partial charge in [-0.1, -0.05) is 37.5 Å². The summed E-state index contributed by atoms with van der Waals surface area (Å²) in [5.74, 6) is 0.421. The molecule has 0 spiro atoms. The van der Waals surface area contributed by atoms with Crippen molar-refractivity contribution in [1.82, 2.24) is 0 Å². The molecule has 0 heterocycles. The molecule has 1 saturated carbocycles. The summed E-state index contributed by atoms with van der Waals surface area (Å²) < 4.78 is 4.48. The number of hydrogen-bond acceptors (Lipinski definition) is 2. The van der Waals surface area contributed by atoms with E-state index in [9.17, 15) is 4.79 Å². The van der Waals surface area contributed by atoms with Gasteiger partial charge in [0.2, 0.25) is 0 Å². The highest BCUT2D eigenvalue weighted by molar-refractivity contribution is 5.82. The van der Waals surface area contributed by atoms with Crippen LogP contribution >= 0.6 is 0 Å². The van der Waals surface area contributed by atoms with Crippen LogP contribution in [0.4, 0.5) is 0 Å². The third-order valence-corrected chi connectivity index (χ3v) is 2.58. The van der Waals surface area contributed by atoms with Gasteiger partial charge in [-0.3, -0.25) is 0 Å². The highest BCUT2D eigenvalue weighted by Gasteiger charge is 2.08. The molecule has 0 aromatic rings. The van der Waals surface area contributed by atoms with Gasteiger partial charge in [-0.2, -0.15) is 0 Å². The summed E-state index contributed by atoms with van der Waals surface area (Å²) in [6, 6.07) is 0. The molecule has 0 radical (unpaired) electrons. The first-order valence-electron chi connectivity index (χ1n) is 5.26. The first kappa shape index (κ1) is 11.0. The van der Waals surface area contributed by atoms with Crippen molar-refractivity contribution < 1.29 is 9.53 Å². The van der Waals surface area contributed by atoms with E-state index in [-0.39, 0.29) is 5.97 Å². The fourth-order valence-electron chi connectivity index (χ4n) is 1.75. The third-order valence-electron chi connectivity index (χ3n) is 2.58. The van der Waals surface area contributed by atoms with Crippen LogP contribution in [-0.2, 0) is 9.53 Å². The molecule has 1 rings (SSSR count). The molecule has 0 amide bonds. The van der Waals surface area contributed by atoms with Gasteiger partial charge in [0.1, 0.15) is 0 Å². The molecule has 1 aliphatic rings. The summed E-state index contributed by atoms with van der Waals surface area (Å²) in [6.45, 7) is 0. The highest BCUT2D eigenvalue weighted by Crippen LogP contribution is 2.24. The van der Waals surface area contributed by atoms with Crippen molar-refractivity contribution in [1.29, 1.82) is 0 Å². The number of esters is 1. The van der Waals surface area contributed by atoms with Gasteiger partial charge in [-0.05, 0) is 18.8 Å². The molecule has 14 heavy (non-hydrogen) atoms. The number of methoxy groups -OCH3 is 1. The maximum Gasteiger partial charge on any atom is 0.330 e. The van der Waals surface area contributed by atoms with Crippen molar-refractivity contribution in [3.63, 3.8) is 0 Å². The summed E-state index contributed by atoms with van der Waals surface area (Å²) >= 11 is 0. The Kier molecular flexibility index (Phi) is 5.05. The molecule has 1 fully saturated rings. The first-order valence-corrected chi connectivity index (χ1v) is 5.26. The quantitative estimate of drug-likeness (QED) is 0.392. The second kappa shape index (κ2) is 6.41. The number of hydrogen-bond donors (Lipinski definition) is 0. The SMILES string of the molecule is COC(=O)/C=C/C=C/C1CCCCC1. The molecular formula is C12H18O2. The van der Waals surface area contributed by atoms with Crippen LogP contribution < -0.4 is 0 Å². The second-order valence-corrected chi connectivity index (χ2v) is 3.67. The van der Waals surface area contributed by atoms with Crippen LogP contribution in [0.3, 0.4) is 0 Å². The maximum absolute atomic E-state index is 10.7. The predicted octanol–water partition coefficient (Wildman–Crippen LogP) is 2.85. The minimum atomic E-state index is -0.293. The summed E-state index contributed by atoms with van der Waals surface area (Å²) in [6.07, 6.45) is 14.0. The number of carbonyl (C=O) groups excluding carboxylic acids is 1. The van der Waals surface area contributed by atoms with Gasteiger partial charge >= 0.3 is 5.97 Å². The van der Waals surface area contributed by atoms with Crippen molar-refractivity contribution in [2.75, 3.05) is 7.11 Å². The summed E-state index contributed by atoms with van der Waals surface area (Å²) in [5.41, 5.74) is 0. The standard InChI is InChI=1S/C12H18O2/c1-14-12(13)10-6-5-9-11-7-3-2-4-8-11/h5-6,9-11H,2-4,7-8H2,1H3/b9-5+,10-6+. The minimum absolute atomic E-state index is 0.293. The van der Waals surface area contributed by atoms with Gasteiger partial charge < -0.3 is 4.74 Å². The van der Waals surface area contributed by atoms with Gasteiger partial charge in [0.25, 0.3) is 0 Å². The van der Waals surface area contributed by atoms with E-state index in [1.165, 1.54) is 45.3 Å². The number of rotatable bonds is 3. The van der Waals surface area contributed by atoms with Gasteiger partial charge in [0, 0.05) is 6.08 Å². The van der Waals surface area contributed by atoms with Crippen LogP contribution in [0.15, 0.2) is 24.3 Å². The molecule has 0 bridgehead atoms. The summed E-state index contributed by atoms with van der Waals surface area (Å²) in [7, 11) is 1.39. The van der Waals surface area contributed by atoms with Crippen LogP contribution in [0.5, 0.6) is 0 Å². The minimum Gasteiger partial charge on any atom is -0.466 e. The molecule has 0 N–H and O–H groups in total. The lowest BCUT2D eigenvalue weighted by atomic mass is 9.89. The second-order valence-electron chi connectivity index (χ2n) is 3.67. The first-order chi connectivity index (χ1) is 6.83. The molecule has 0 unspecified atom stereocenters.